The SMILES string of the molecule is CC(=O)Oc1ccc(-c2ccc3cc(C(=O)O)ccc3c2)cc1.CC(=O)Oc1ccc(-c2ccc3cc(OC(C)=O)ccc3c2)cc1.CC(=O)Oc1ccc2cc(-c3ccc(C(=O)O)cc3)ccc2c1.Cc1ccc(-c2ccc3cc(C(=O)O)ccc3c2)cc1. The van der Waals surface area contributed by atoms with Crippen molar-refractivity contribution < 1.29 is 67.8 Å². The van der Waals surface area contributed by atoms with E-state index in [-0.39, 0.29) is 35.0 Å². The van der Waals surface area contributed by atoms with Crippen molar-refractivity contribution in [2.24, 2.45) is 0 Å². The van der Waals surface area contributed by atoms with Gasteiger partial charge < -0.3 is 34.3 Å². The summed E-state index contributed by atoms with van der Waals surface area (Å²) in [4.78, 5) is 76.8. The quantitative estimate of drug-likeness (QED) is 0.0811. The number of hydrogen-bond acceptors (Lipinski definition) is 11. The summed E-state index contributed by atoms with van der Waals surface area (Å²) in [5, 5.41) is 34.8. The van der Waals surface area contributed by atoms with Gasteiger partial charge >= 0.3 is 41.8 Å². The number of carbonyl (C=O) groups is 7. The number of aromatic carboxylic acids is 3. The fourth-order valence-corrected chi connectivity index (χ4v) is 9.70. The van der Waals surface area contributed by atoms with Gasteiger partial charge in [-0.25, -0.2) is 14.4 Å². The van der Waals surface area contributed by atoms with E-state index in [0.29, 0.717) is 28.6 Å². The molecule has 0 atom stereocenters. The van der Waals surface area contributed by atoms with Crippen molar-refractivity contribution in [2.45, 2.75) is 34.6 Å². The highest BCUT2D eigenvalue weighted by Crippen LogP contribution is 2.32. The maximum Gasteiger partial charge on any atom is 0.335 e. The Labute approximate surface area is 517 Å². The van der Waals surface area contributed by atoms with Gasteiger partial charge in [-0.2, -0.15) is 0 Å². The van der Waals surface area contributed by atoms with Crippen molar-refractivity contribution in [2.75, 3.05) is 0 Å². The Morgan fingerprint density at radius 1 is 0.233 bits per heavy atom. The van der Waals surface area contributed by atoms with E-state index in [2.05, 4.69) is 43.3 Å². The highest BCUT2D eigenvalue weighted by atomic mass is 16.5. The third kappa shape index (κ3) is 16.7. The lowest BCUT2D eigenvalue weighted by molar-refractivity contribution is -0.132. The van der Waals surface area contributed by atoms with Gasteiger partial charge in [0.1, 0.15) is 23.0 Å². The standard InChI is InChI=1S/C20H16O4.2C19H14O4.C18H14O2/c1-13(21)23-19-8-5-15(6-9-19)16-3-4-18-12-20(24-14(2)22)10-7-17(18)11-16;1-12(20)23-18-9-8-16-10-15(6-7-17(16)11-18)13-2-4-14(5-3-13)19(21)22;1-12(20)23-18-8-6-13(7-9-18)14-2-3-16-11-17(19(21)22)5-4-15(16)10-14;1-12-2-4-13(5-3-12)14-6-7-16-11-17(18(19)20)9-8-15(16)10-14/h3-12H,1-2H3;2*2-11H,1H3,(H,21,22);2-11H,1H3,(H,19,20). The Kier molecular flexibility index (Phi) is 19.8. The molecule has 14 heteroatoms. The minimum absolute atomic E-state index is 0.264. The molecule has 0 aliphatic rings. The van der Waals surface area contributed by atoms with E-state index in [9.17, 15) is 33.6 Å². The van der Waals surface area contributed by atoms with Crippen LogP contribution in [0.5, 0.6) is 23.0 Å². The van der Waals surface area contributed by atoms with E-state index in [1.807, 2.05) is 115 Å². The predicted molar refractivity (Wildman–Crippen MR) is 348 cm³/mol. The van der Waals surface area contributed by atoms with Gasteiger partial charge in [0.25, 0.3) is 0 Å². The van der Waals surface area contributed by atoms with Crippen molar-refractivity contribution in [1.82, 2.24) is 0 Å². The first-order chi connectivity index (χ1) is 43.2. The van der Waals surface area contributed by atoms with E-state index in [0.717, 1.165) is 82.0 Å². The van der Waals surface area contributed by atoms with Crippen LogP contribution < -0.4 is 18.9 Å². The summed E-state index contributed by atoms with van der Waals surface area (Å²) in [6.45, 7) is 7.56. The molecule has 0 bridgehead atoms. The minimum atomic E-state index is -0.937. The molecule has 12 rings (SSSR count). The number of benzene rings is 12. The van der Waals surface area contributed by atoms with E-state index < -0.39 is 17.9 Å². The van der Waals surface area contributed by atoms with Gasteiger partial charge in [-0.1, -0.05) is 139 Å². The fraction of sp³-hybridized carbons (Fsp3) is 0.0658. The molecule has 446 valence electrons. The molecule has 0 spiro atoms. The second-order valence-corrected chi connectivity index (χ2v) is 20.8. The largest absolute Gasteiger partial charge is 0.478 e. The smallest absolute Gasteiger partial charge is 0.335 e. The molecule has 3 N–H and O–H groups in total. The van der Waals surface area contributed by atoms with Crippen LogP contribution in [0.1, 0.15) is 64.3 Å². The second-order valence-electron chi connectivity index (χ2n) is 20.8. The summed E-state index contributed by atoms with van der Waals surface area (Å²) < 4.78 is 20.2. The maximum absolute atomic E-state index is 11.0. The minimum Gasteiger partial charge on any atom is -0.478 e. The summed E-state index contributed by atoms with van der Waals surface area (Å²) in [5.74, 6) is -2.05. The zero-order chi connectivity index (χ0) is 64.0. The van der Waals surface area contributed by atoms with E-state index in [1.54, 1.807) is 91.0 Å². The van der Waals surface area contributed by atoms with Crippen LogP contribution in [-0.2, 0) is 19.2 Å². The van der Waals surface area contributed by atoms with Crippen molar-refractivity contribution in [3.05, 3.63) is 265 Å². The maximum atomic E-state index is 11.0. The molecule has 0 aromatic heterocycles. The van der Waals surface area contributed by atoms with Gasteiger partial charge in [-0.15, -0.1) is 0 Å². The molecular weight excluding hydrogens is 1140 g/mol. The molecule has 0 fully saturated rings. The predicted octanol–water partition coefficient (Wildman–Crippen LogP) is 17.1. The average molecular weight is 1200 g/mol. The van der Waals surface area contributed by atoms with Crippen LogP contribution in [-0.4, -0.2) is 57.1 Å². The molecule has 0 radical (unpaired) electrons. The summed E-state index contributed by atoms with van der Waals surface area (Å²) >= 11 is 0. The summed E-state index contributed by atoms with van der Waals surface area (Å²) in [5.41, 5.74) is 10.4. The molecule has 0 aliphatic carbocycles. The van der Waals surface area contributed by atoms with Crippen molar-refractivity contribution in [3.63, 3.8) is 0 Å². The third-order valence-corrected chi connectivity index (χ3v) is 14.1. The van der Waals surface area contributed by atoms with Crippen LogP contribution in [0, 0.1) is 6.92 Å². The third-order valence-electron chi connectivity index (χ3n) is 14.1. The second kappa shape index (κ2) is 28.4. The zero-order valence-corrected chi connectivity index (χ0v) is 49.4. The molecular formula is C76H58O14. The Hall–Kier alpha value is -12.0. The van der Waals surface area contributed by atoms with Crippen LogP contribution in [0.2, 0.25) is 0 Å². The Balaban J connectivity index is 0.000000143. The monoisotopic (exact) mass is 1190 g/mol. The molecule has 0 aliphatic heterocycles. The Morgan fingerprint density at radius 3 is 0.744 bits per heavy atom. The van der Waals surface area contributed by atoms with E-state index >= 15 is 0 Å². The summed E-state index contributed by atoms with van der Waals surface area (Å²) in [7, 11) is 0. The fourth-order valence-electron chi connectivity index (χ4n) is 9.70. The topological polar surface area (TPSA) is 217 Å². The van der Waals surface area contributed by atoms with Crippen LogP contribution >= 0.6 is 0 Å². The number of aryl methyl sites for hydroxylation is 1. The molecule has 12 aromatic rings. The van der Waals surface area contributed by atoms with Gasteiger partial charge in [-0.3, -0.25) is 19.2 Å². The van der Waals surface area contributed by atoms with Crippen LogP contribution in [0.15, 0.2) is 243 Å². The van der Waals surface area contributed by atoms with Crippen molar-refractivity contribution in [1.29, 1.82) is 0 Å². The Bertz CT molecular complexity index is 4680. The lowest BCUT2D eigenvalue weighted by atomic mass is 9.99. The molecule has 0 saturated heterocycles. The lowest BCUT2D eigenvalue weighted by Crippen LogP contribution is -2.01. The van der Waals surface area contributed by atoms with Crippen molar-refractivity contribution >= 4 is 84.9 Å². The van der Waals surface area contributed by atoms with Gasteiger partial charge in [0.15, 0.2) is 0 Å². The summed E-state index contributed by atoms with van der Waals surface area (Å²) in [6, 6.07) is 74.9. The van der Waals surface area contributed by atoms with Gasteiger partial charge in [0.05, 0.1) is 16.7 Å². The normalized spacial score (nSPS) is 10.5. The number of ether oxygens (including phenoxy) is 4. The van der Waals surface area contributed by atoms with E-state index in [1.165, 1.54) is 38.8 Å². The van der Waals surface area contributed by atoms with Crippen molar-refractivity contribution in [3.8, 4) is 67.5 Å². The number of esters is 4. The summed E-state index contributed by atoms with van der Waals surface area (Å²) in [6.07, 6.45) is 0. The zero-order valence-electron chi connectivity index (χ0n) is 49.4. The van der Waals surface area contributed by atoms with Crippen LogP contribution in [0.3, 0.4) is 0 Å². The number of rotatable bonds is 11. The number of carbonyl (C=O) groups excluding carboxylic acids is 4. The molecule has 12 aromatic carbocycles. The molecule has 0 unspecified atom stereocenters. The molecule has 14 nitrogen and oxygen atoms in total. The highest BCUT2D eigenvalue weighted by molar-refractivity contribution is 5.98. The van der Waals surface area contributed by atoms with Crippen LogP contribution in [0.4, 0.5) is 0 Å². The Morgan fingerprint density at radius 2 is 0.444 bits per heavy atom. The molecule has 0 amide bonds. The van der Waals surface area contributed by atoms with Gasteiger partial charge in [0, 0.05) is 27.7 Å². The lowest BCUT2D eigenvalue weighted by Gasteiger charge is -2.07. The highest BCUT2D eigenvalue weighted by Gasteiger charge is 2.11. The van der Waals surface area contributed by atoms with Gasteiger partial charge in [0.2, 0.25) is 0 Å². The first kappa shape index (κ1) is 62.5. The van der Waals surface area contributed by atoms with E-state index in [4.69, 9.17) is 34.3 Å². The van der Waals surface area contributed by atoms with Gasteiger partial charge in [-0.05, 0) is 204 Å². The molecule has 0 heterocycles. The molecule has 90 heavy (non-hydrogen) atoms. The number of hydrogen-bond donors (Lipinski definition) is 3. The first-order valence-corrected chi connectivity index (χ1v) is 28.2. The number of carboxylic acid groups (broad SMARTS) is 3. The van der Waals surface area contributed by atoms with Crippen LogP contribution in [0.25, 0.3) is 87.6 Å². The first-order valence-electron chi connectivity index (χ1n) is 28.2. The number of carboxylic acids is 3. The average Bonchev–Trinajstić information content (AvgIpc) is 0.982. The molecule has 0 saturated carbocycles. The number of fused-ring (bicyclic) bond motifs is 4.